The maximum Gasteiger partial charge on any atom is 0.254 e. The zero-order chi connectivity index (χ0) is 17.9. The first-order valence-corrected chi connectivity index (χ1v) is 8.35. The summed E-state index contributed by atoms with van der Waals surface area (Å²) in [6.45, 7) is 1.12. The second kappa shape index (κ2) is 6.80. The Morgan fingerprint density at radius 3 is 3.08 bits per heavy atom. The predicted octanol–water partition coefficient (Wildman–Crippen LogP) is 1.91. The van der Waals surface area contributed by atoms with Gasteiger partial charge >= 0.3 is 0 Å². The number of H-pyrrole nitrogens is 1. The van der Waals surface area contributed by atoms with Gasteiger partial charge in [-0.25, -0.2) is 15.0 Å². The molecule has 3 aromatic rings. The van der Waals surface area contributed by atoms with Crippen molar-refractivity contribution in [3.8, 4) is 11.9 Å². The minimum absolute atomic E-state index is 0.0468. The molecule has 3 heterocycles. The van der Waals surface area contributed by atoms with E-state index in [1.54, 1.807) is 17.3 Å². The highest BCUT2D eigenvalue weighted by atomic mass is 16.5. The molecule has 1 aromatic carbocycles. The zero-order valence-corrected chi connectivity index (χ0v) is 13.9. The Morgan fingerprint density at radius 2 is 2.19 bits per heavy atom. The van der Waals surface area contributed by atoms with Gasteiger partial charge in [0.15, 0.2) is 0 Å². The van der Waals surface area contributed by atoms with Gasteiger partial charge in [-0.2, -0.15) is 5.26 Å². The van der Waals surface area contributed by atoms with Crippen molar-refractivity contribution >= 4 is 16.9 Å². The number of nitrogens with one attached hydrogen (secondary N) is 1. The third kappa shape index (κ3) is 3.07. The van der Waals surface area contributed by atoms with Crippen LogP contribution in [-0.2, 0) is 0 Å². The van der Waals surface area contributed by atoms with Gasteiger partial charge in [0.05, 0.1) is 23.9 Å². The van der Waals surface area contributed by atoms with Crippen LogP contribution in [0.1, 0.15) is 28.9 Å². The number of carbonyl (C=O) groups excluding carboxylic acids is 1. The van der Waals surface area contributed by atoms with E-state index in [0.717, 1.165) is 23.9 Å². The Bertz CT molecular complexity index is 993. The van der Waals surface area contributed by atoms with Crippen LogP contribution in [-0.4, -0.2) is 49.9 Å². The van der Waals surface area contributed by atoms with Crippen LogP contribution in [0.4, 0.5) is 0 Å². The van der Waals surface area contributed by atoms with E-state index in [4.69, 9.17) is 10.00 Å². The number of rotatable bonds is 3. The number of aromatic amines is 1. The Balaban J connectivity index is 1.49. The first-order chi connectivity index (χ1) is 12.7. The van der Waals surface area contributed by atoms with Crippen molar-refractivity contribution in [1.29, 1.82) is 5.26 Å². The van der Waals surface area contributed by atoms with Crippen LogP contribution in [0.25, 0.3) is 11.0 Å². The number of amides is 1. The number of aromatic nitrogens is 4. The molecule has 1 atom stereocenters. The lowest BCUT2D eigenvalue weighted by molar-refractivity contribution is 0.0526. The maximum absolute atomic E-state index is 12.8. The molecule has 0 aliphatic carbocycles. The number of benzene rings is 1. The van der Waals surface area contributed by atoms with Crippen LogP contribution in [0, 0.1) is 11.3 Å². The van der Waals surface area contributed by atoms with Gasteiger partial charge in [0.1, 0.15) is 12.2 Å². The van der Waals surface area contributed by atoms with E-state index in [9.17, 15) is 4.79 Å². The summed E-state index contributed by atoms with van der Waals surface area (Å²) in [5.41, 5.74) is 2.42. The van der Waals surface area contributed by atoms with Gasteiger partial charge in [0.2, 0.25) is 5.69 Å². The molecule has 4 rings (SSSR count). The molecule has 130 valence electrons. The van der Waals surface area contributed by atoms with E-state index in [1.807, 2.05) is 18.2 Å². The fraction of sp³-hybridized carbons (Fsp3) is 0.278. The number of imidazole rings is 1. The number of hydrogen-bond donors (Lipinski definition) is 1. The highest BCUT2D eigenvalue weighted by molar-refractivity contribution is 5.97. The summed E-state index contributed by atoms with van der Waals surface area (Å²) in [6.07, 6.45) is 5.95. The van der Waals surface area contributed by atoms with Crippen molar-refractivity contribution in [3.63, 3.8) is 0 Å². The number of piperidine rings is 1. The summed E-state index contributed by atoms with van der Waals surface area (Å²) in [6, 6.07) is 7.40. The number of ether oxygens (including phenoxy) is 1. The van der Waals surface area contributed by atoms with Crippen LogP contribution in [0.15, 0.2) is 36.9 Å². The van der Waals surface area contributed by atoms with Gasteiger partial charge in [0.25, 0.3) is 11.8 Å². The molecule has 1 aliphatic rings. The van der Waals surface area contributed by atoms with E-state index >= 15 is 0 Å². The van der Waals surface area contributed by atoms with E-state index < -0.39 is 0 Å². The molecule has 1 unspecified atom stereocenters. The Kier molecular flexibility index (Phi) is 4.19. The fourth-order valence-electron chi connectivity index (χ4n) is 3.12. The van der Waals surface area contributed by atoms with Crippen molar-refractivity contribution in [2.24, 2.45) is 0 Å². The number of nitriles is 1. The van der Waals surface area contributed by atoms with E-state index in [-0.39, 0.29) is 23.6 Å². The summed E-state index contributed by atoms with van der Waals surface area (Å²) in [7, 11) is 0. The van der Waals surface area contributed by atoms with Gasteiger partial charge < -0.3 is 14.6 Å². The molecule has 8 nitrogen and oxygen atoms in total. The first-order valence-electron chi connectivity index (χ1n) is 8.35. The summed E-state index contributed by atoms with van der Waals surface area (Å²) in [5, 5.41) is 9.10. The lowest BCUT2D eigenvalue weighted by Gasteiger charge is -2.32. The number of likely N-dealkylation sites (tertiary alicyclic amines) is 1. The Morgan fingerprint density at radius 1 is 1.31 bits per heavy atom. The minimum Gasteiger partial charge on any atom is -0.470 e. The lowest BCUT2D eigenvalue weighted by atomic mass is 10.1. The van der Waals surface area contributed by atoms with E-state index in [1.165, 1.54) is 12.4 Å². The van der Waals surface area contributed by atoms with E-state index in [2.05, 4.69) is 19.9 Å². The molecule has 26 heavy (non-hydrogen) atoms. The van der Waals surface area contributed by atoms with Crippen LogP contribution < -0.4 is 4.74 Å². The summed E-state index contributed by atoms with van der Waals surface area (Å²) >= 11 is 0. The summed E-state index contributed by atoms with van der Waals surface area (Å²) < 4.78 is 5.85. The molecule has 0 radical (unpaired) electrons. The summed E-state index contributed by atoms with van der Waals surface area (Å²) in [4.78, 5) is 29.8. The molecule has 2 aromatic heterocycles. The van der Waals surface area contributed by atoms with Gasteiger partial charge in [-0.15, -0.1) is 0 Å². The smallest absolute Gasteiger partial charge is 0.254 e. The molecular weight excluding hydrogens is 332 g/mol. The Hall–Kier alpha value is -3.47. The highest BCUT2D eigenvalue weighted by Gasteiger charge is 2.27. The zero-order valence-electron chi connectivity index (χ0n) is 13.9. The predicted molar refractivity (Wildman–Crippen MR) is 92.4 cm³/mol. The van der Waals surface area contributed by atoms with Crippen molar-refractivity contribution in [3.05, 3.63) is 48.2 Å². The summed E-state index contributed by atoms with van der Waals surface area (Å²) in [5.74, 6) is 0.169. The molecule has 8 heteroatoms. The van der Waals surface area contributed by atoms with Crippen molar-refractivity contribution in [2.75, 3.05) is 13.1 Å². The standard InChI is InChI=1S/C18H16N6O2/c19-9-16-17(21-6-5-20-16)26-13-2-1-7-24(10-13)18(25)12-3-4-14-15(8-12)23-11-22-14/h3-6,8,11,13H,1-2,7,10H2,(H,22,23). The number of hydrogen-bond acceptors (Lipinski definition) is 6. The normalized spacial score (nSPS) is 17.0. The van der Waals surface area contributed by atoms with E-state index in [0.29, 0.717) is 18.7 Å². The van der Waals surface area contributed by atoms with Crippen molar-refractivity contribution < 1.29 is 9.53 Å². The Labute approximate surface area is 149 Å². The SMILES string of the molecule is N#Cc1nccnc1OC1CCCN(C(=O)c2ccc3nc[nH]c3c2)C1. The average Bonchev–Trinajstić information content (AvgIpc) is 3.16. The second-order valence-corrected chi connectivity index (χ2v) is 6.09. The molecule has 1 aliphatic heterocycles. The van der Waals surface area contributed by atoms with Crippen LogP contribution in [0.2, 0.25) is 0 Å². The molecular formula is C18H16N6O2. The van der Waals surface area contributed by atoms with Gasteiger partial charge in [-0.05, 0) is 31.0 Å². The third-order valence-corrected chi connectivity index (χ3v) is 4.38. The minimum atomic E-state index is -0.215. The van der Waals surface area contributed by atoms with Gasteiger partial charge in [-0.1, -0.05) is 0 Å². The molecule has 1 N–H and O–H groups in total. The van der Waals surface area contributed by atoms with Gasteiger partial charge in [-0.3, -0.25) is 4.79 Å². The van der Waals surface area contributed by atoms with Gasteiger partial charge in [0, 0.05) is 24.5 Å². The lowest BCUT2D eigenvalue weighted by Crippen LogP contribution is -2.44. The average molecular weight is 348 g/mol. The number of nitrogens with zero attached hydrogens (tertiary/aromatic N) is 5. The fourth-order valence-corrected chi connectivity index (χ4v) is 3.12. The molecule has 0 saturated carbocycles. The number of fused-ring (bicyclic) bond motifs is 1. The molecule has 1 fully saturated rings. The largest absolute Gasteiger partial charge is 0.470 e. The molecule has 1 saturated heterocycles. The van der Waals surface area contributed by atoms with Crippen molar-refractivity contribution in [2.45, 2.75) is 18.9 Å². The first kappa shape index (κ1) is 16.0. The highest BCUT2D eigenvalue weighted by Crippen LogP contribution is 2.21. The van der Waals surface area contributed by atoms with Crippen LogP contribution in [0.5, 0.6) is 5.88 Å². The molecule has 0 spiro atoms. The quantitative estimate of drug-likeness (QED) is 0.774. The monoisotopic (exact) mass is 348 g/mol. The van der Waals surface area contributed by atoms with Crippen LogP contribution >= 0.6 is 0 Å². The van der Waals surface area contributed by atoms with Crippen LogP contribution in [0.3, 0.4) is 0 Å². The second-order valence-electron chi connectivity index (χ2n) is 6.09. The number of carbonyl (C=O) groups is 1. The maximum atomic E-state index is 12.8. The molecule has 1 amide bonds. The molecule has 0 bridgehead atoms. The van der Waals surface area contributed by atoms with Crippen molar-refractivity contribution in [1.82, 2.24) is 24.8 Å². The third-order valence-electron chi connectivity index (χ3n) is 4.38. The topological polar surface area (TPSA) is 108 Å².